The highest BCUT2D eigenvalue weighted by Gasteiger charge is 2.32. The number of fused-ring (bicyclic) bond motifs is 1. The SMILES string of the molecule is CC1(C)OC[C@H](CCn2cnc3ccc([N+](=O)[O-])cc3c2=O)O1. The van der Waals surface area contributed by atoms with Crippen molar-refractivity contribution in [2.75, 3.05) is 6.61 Å². The molecular formula is C15H17N3O5. The summed E-state index contributed by atoms with van der Waals surface area (Å²) in [5.41, 5.74) is 0.0266. The number of nitrogens with zero attached hydrogens (tertiary/aromatic N) is 3. The van der Waals surface area contributed by atoms with Crippen LogP contribution in [0.5, 0.6) is 0 Å². The van der Waals surface area contributed by atoms with Gasteiger partial charge in [0.2, 0.25) is 0 Å². The van der Waals surface area contributed by atoms with Crippen LogP contribution in [0.1, 0.15) is 20.3 Å². The molecule has 0 spiro atoms. The van der Waals surface area contributed by atoms with Crippen molar-refractivity contribution in [2.24, 2.45) is 0 Å². The molecule has 0 amide bonds. The second kappa shape index (κ2) is 5.71. The van der Waals surface area contributed by atoms with Crippen LogP contribution < -0.4 is 5.56 Å². The number of rotatable bonds is 4. The minimum Gasteiger partial charge on any atom is -0.348 e. The van der Waals surface area contributed by atoms with Crippen LogP contribution in [0.3, 0.4) is 0 Å². The Balaban J connectivity index is 1.83. The van der Waals surface area contributed by atoms with Crippen molar-refractivity contribution in [3.63, 3.8) is 0 Å². The van der Waals surface area contributed by atoms with Gasteiger partial charge < -0.3 is 9.47 Å². The fourth-order valence-corrected chi connectivity index (χ4v) is 2.61. The Morgan fingerprint density at radius 3 is 2.91 bits per heavy atom. The number of non-ortho nitro benzene ring substituents is 1. The first-order valence-electron chi connectivity index (χ1n) is 7.31. The molecule has 1 saturated heterocycles. The zero-order valence-corrected chi connectivity index (χ0v) is 12.9. The lowest BCUT2D eigenvalue weighted by Crippen LogP contribution is -2.25. The van der Waals surface area contributed by atoms with E-state index in [0.29, 0.717) is 25.1 Å². The highest BCUT2D eigenvalue weighted by atomic mass is 16.7. The Hall–Kier alpha value is -2.32. The van der Waals surface area contributed by atoms with Gasteiger partial charge in [0, 0.05) is 18.7 Å². The third-order valence-corrected chi connectivity index (χ3v) is 3.78. The molecular weight excluding hydrogens is 302 g/mol. The second-order valence-corrected chi connectivity index (χ2v) is 5.94. The van der Waals surface area contributed by atoms with Crippen LogP contribution in [0, 0.1) is 10.1 Å². The molecule has 1 fully saturated rings. The van der Waals surface area contributed by atoms with Crippen molar-refractivity contribution in [1.82, 2.24) is 9.55 Å². The molecule has 0 radical (unpaired) electrons. The van der Waals surface area contributed by atoms with E-state index in [0.717, 1.165) is 0 Å². The Morgan fingerprint density at radius 2 is 2.26 bits per heavy atom. The van der Waals surface area contributed by atoms with Crippen LogP contribution in [0.25, 0.3) is 10.9 Å². The molecule has 8 nitrogen and oxygen atoms in total. The van der Waals surface area contributed by atoms with E-state index in [9.17, 15) is 14.9 Å². The Bertz CT molecular complexity index is 814. The van der Waals surface area contributed by atoms with E-state index in [4.69, 9.17) is 9.47 Å². The van der Waals surface area contributed by atoms with Gasteiger partial charge >= 0.3 is 0 Å². The van der Waals surface area contributed by atoms with Crippen molar-refractivity contribution >= 4 is 16.6 Å². The first-order chi connectivity index (χ1) is 10.9. The van der Waals surface area contributed by atoms with E-state index in [-0.39, 0.29) is 22.7 Å². The standard InChI is InChI=1S/C15H17N3O5/c1-15(2)22-8-11(23-15)5-6-17-9-16-13-4-3-10(18(20)21)7-12(13)14(17)19/h3-4,7,9,11H,5-6,8H2,1-2H3/t11-/m0/s1. The summed E-state index contributed by atoms with van der Waals surface area (Å²) in [7, 11) is 0. The minimum atomic E-state index is -0.599. The van der Waals surface area contributed by atoms with Crippen molar-refractivity contribution in [1.29, 1.82) is 0 Å². The van der Waals surface area contributed by atoms with E-state index < -0.39 is 10.7 Å². The highest BCUT2D eigenvalue weighted by Crippen LogP contribution is 2.24. The number of ether oxygens (including phenoxy) is 2. The van der Waals surface area contributed by atoms with Gasteiger partial charge in [0.1, 0.15) is 0 Å². The maximum atomic E-state index is 12.5. The molecule has 1 atom stereocenters. The molecule has 0 aliphatic carbocycles. The number of benzene rings is 1. The summed E-state index contributed by atoms with van der Waals surface area (Å²) < 4.78 is 12.6. The Labute approximate surface area is 131 Å². The summed E-state index contributed by atoms with van der Waals surface area (Å²) in [4.78, 5) is 27.0. The zero-order chi connectivity index (χ0) is 16.6. The van der Waals surface area contributed by atoms with Crippen LogP contribution in [0.15, 0.2) is 29.3 Å². The normalized spacial score (nSPS) is 20.0. The zero-order valence-electron chi connectivity index (χ0n) is 12.9. The van der Waals surface area contributed by atoms with Crippen molar-refractivity contribution in [2.45, 2.75) is 38.7 Å². The van der Waals surface area contributed by atoms with Crippen LogP contribution >= 0.6 is 0 Å². The van der Waals surface area contributed by atoms with Crippen LogP contribution in [-0.2, 0) is 16.0 Å². The molecule has 0 unspecified atom stereocenters. The number of nitro benzene ring substituents is 1. The quantitative estimate of drug-likeness (QED) is 0.630. The highest BCUT2D eigenvalue weighted by molar-refractivity contribution is 5.79. The third kappa shape index (κ3) is 3.22. The van der Waals surface area contributed by atoms with Gasteiger partial charge in [-0.3, -0.25) is 19.5 Å². The average Bonchev–Trinajstić information content (AvgIpc) is 2.85. The van der Waals surface area contributed by atoms with Crippen molar-refractivity contribution in [3.05, 3.63) is 45.0 Å². The van der Waals surface area contributed by atoms with Crippen LogP contribution in [-0.4, -0.2) is 33.0 Å². The molecule has 2 aromatic rings. The smallest absolute Gasteiger partial charge is 0.270 e. The molecule has 0 N–H and O–H groups in total. The summed E-state index contributed by atoms with van der Waals surface area (Å²) in [6.45, 7) is 4.58. The molecule has 3 rings (SSSR count). The summed E-state index contributed by atoms with van der Waals surface area (Å²) >= 11 is 0. The topological polar surface area (TPSA) is 96.5 Å². The molecule has 1 aliphatic heterocycles. The largest absolute Gasteiger partial charge is 0.348 e. The molecule has 23 heavy (non-hydrogen) atoms. The molecule has 1 aromatic carbocycles. The first-order valence-corrected chi connectivity index (χ1v) is 7.31. The van der Waals surface area contributed by atoms with Crippen LogP contribution in [0.4, 0.5) is 5.69 Å². The number of nitro groups is 1. The van der Waals surface area contributed by atoms with Gasteiger partial charge in [0.05, 0.1) is 34.9 Å². The molecule has 122 valence electrons. The fraction of sp³-hybridized carbons (Fsp3) is 0.467. The maximum absolute atomic E-state index is 12.5. The summed E-state index contributed by atoms with van der Waals surface area (Å²) in [5, 5.41) is 11.1. The van der Waals surface area contributed by atoms with Gasteiger partial charge in [-0.1, -0.05) is 0 Å². The van der Waals surface area contributed by atoms with E-state index >= 15 is 0 Å². The summed E-state index contributed by atoms with van der Waals surface area (Å²) in [6.07, 6.45) is 1.97. The second-order valence-electron chi connectivity index (χ2n) is 5.94. The average molecular weight is 319 g/mol. The first kappa shape index (κ1) is 15.6. The van der Waals surface area contributed by atoms with Crippen LogP contribution in [0.2, 0.25) is 0 Å². The summed E-state index contributed by atoms with van der Waals surface area (Å²) in [5.74, 6) is -0.599. The maximum Gasteiger partial charge on any atom is 0.270 e. The monoisotopic (exact) mass is 319 g/mol. The lowest BCUT2D eigenvalue weighted by atomic mass is 10.2. The van der Waals surface area contributed by atoms with Gasteiger partial charge in [0.25, 0.3) is 11.2 Å². The van der Waals surface area contributed by atoms with E-state index in [1.807, 2.05) is 13.8 Å². The number of aromatic nitrogens is 2. The van der Waals surface area contributed by atoms with Crippen molar-refractivity contribution < 1.29 is 14.4 Å². The molecule has 8 heteroatoms. The molecule has 1 aliphatic rings. The minimum absolute atomic E-state index is 0.0855. The van der Waals surface area contributed by atoms with Gasteiger partial charge in [-0.2, -0.15) is 0 Å². The van der Waals surface area contributed by atoms with Gasteiger partial charge in [-0.05, 0) is 26.3 Å². The van der Waals surface area contributed by atoms with Gasteiger partial charge in [-0.15, -0.1) is 0 Å². The molecule has 1 aromatic heterocycles. The van der Waals surface area contributed by atoms with E-state index in [2.05, 4.69) is 4.98 Å². The molecule has 0 bridgehead atoms. The van der Waals surface area contributed by atoms with E-state index in [1.54, 1.807) is 0 Å². The van der Waals surface area contributed by atoms with Crippen molar-refractivity contribution in [3.8, 4) is 0 Å². The van der Waals surface area contributed by atoms with Gasteiger partial charge in [0.15, 0.2) is 5.79 Å². The number of aryl methyl sites for hydroxylation is 1. The molecule has 2 heterocycles. The lowest BCUT2D eigenvalue weighted by Gasteiger charge is -2.17. The third-order valence-electron chi connectivity index (χ3n) is 3.78. The Morgan fingerprint density at radius 1 is 1.48 bits per heavy atom. The Kier molecular flexibility index (Phi) is 3.87. The lowest BCUT2D eigenvalue weighted by molar-refractivity contribution is -0.384. The predicted octanol–water partition coefficient (Wildman–Crippen LogP) is 1.85. The predicted molar refractivity (Wildman–Crippen MR) is 82.2 cm³/mol. The van der Waals surface area contributed by atoms with E-state index in [1.165, 1.54) is 29.1 Å². The fourth-order valence-electron chi connectivity index (χ4n) is 2.61. The number of hydrogen-bond acceptors (Lipinski definition) is 6. The number of hydrogen-bond donors (Lipinski definition) is 0. The molecule has 0 saturated carbocycles. The summed E-state index contributed by atoms with van der Waals surface area (Å²) in [6, 6.07) is 4.08. The van der Waals surface area contributed by atoms with Gasteiger partial charge in [-0.25, -0.2) is 4.98 Å².